The highest BCUT2D eigenvalue weighted by atomic mass is 35.5. The topological polar surface area (TPSA) is 75.7 Å². The molecular weight excluding hydrogens is 376 g/mol. The molecule has 0 aliphatic carbocycles. The average Bonchev–Trinajstić information content (AvgIpc) is 2.62. The van der Waals surface area contributed by atoms with Gasteiger partial charge in [-0.05, 0) is 49.4 Å². The smallest absolute Gasteiger partial charge is 0.255 e. The Bertz CT molecular complexity index is 900. The van der Waals surface area contributed by atoms with E-state index < -0.39 is 10.0 Å². The van der Waals surface area contributed by atoms with E-state index in [1.165, 1.54) is 28.6 Å². The fourth-order valence-corrected chi connectivity index (χ4v) is 4.39. The first kappa shape index (κ1) is 18.8. The van der Waals surface area contributed by atoms with Crippen molar-refractivity contribution in [1.82, 2.24) is 4.31 Å². The van der Waals surface area contributed by atoms with E-state index in [2.05, 4.69) is 5.32 Å². The molecule has 0 aromatic heterocycles. The van der Waals surface area contributed by atoms with Crippen LogP contribution in [-0.2, 0) is 14.8 Å². The van der Waals surface area contributed by atoms with Gasteiger partial charge >= 0.3 is 0 Å². The summed E-state index contributed by atoms with van der Waals surface area (Å²) in [6.45, 7) is 2.86. The van der Waals surface area contributed by atoms with E-state index in [0.29, 0.717) is 36.0 Å². The van der Waals surface area contributed by atoms with Gasteiger partial charge in [-0.15, -0.1) is 0 Å². The molecule has 1 saturated heterocycles. The van der Waals surface area contributed by atoms with Gasteiger partial charge < -0.3 is 10.1 Å². The van der Waals surface area contributed by atoms with Gasteiger partial charge in [-0.3, -0.25) is 4.79 Å². The number of nitrogens with zero attached hydrogens (tertiary/aromatic N) is 1. The number of ether oxygens (including phenoxy) is 1. The number of rotatable bonds is 4. The van der Waals surface area contributed by atoms with Gasteiger partial charge in [-0.2, -0.15) is 4.31 Å². The third-order valence-electron chi connectivity index (χ3n) is 4.04. The first-order chi connectivity index (χ1) is 12.4. The fourth-order valence-electron chi connectivity index (χ4n) is 2.70. The van der Waals surface area contributed by atoms with E-state index in [1.807, 2.05) is 6.92 Å². The second-order valence-electron chi connectivity index (χ2n) is 6.03. The second-order valence-corrected chi connectivity index (χ2v) is 8.41. The van der Waals surface area contributed by atoms with Gasteiger partial charge in [0.25, 0.3) is 5.91 Å². The molecule has 1 aliphatic heterocycles. The molecule has 1 aliphatic rings. The summed E-state index contributed by atoms with van der Waals surface area (Å²) in [6.07, 6.45) is -0.138. The summed E-state index contributed by atoms with van der Waals surface area (Å²) in [5, 5.41) is 3.24. The predicted molar refractivity (Wildman–Crippen MR) is 100 cm³/mol. The van der Waals surface area contributed by atoms with Gasteiger partial charge in [-0.1, -0.05) is 17.7 Å². The van der Waals surface area contributed by atoms with Crippen molar-refractivity contribution < 1.29 is 17.9 Å². The molecule has 1 fully saturated rings. The van der Waals surface area contributed by atoms with E-state index in [1.54, 1.807) is 24.3 Å². The molecule has 0 bridgehead atoms. The first-order valence-electron chi connectivity index (χ1n) is 8.15. The van der Waals surface area contributed by atoms with Crippen molar-refractivity contribution in [3.05, 3.63) is 59.1 Å². The van der Waals surface area contributed by atoms with Crippen LogP contribution in [0.25, 0.3) is 0 Å². The number of morpholine rings is 1. The van der Waals surface area contributed by atoms with Gasteiger partial charge in [0.15, 0.2) is 0 Å². The molecule has 1 N–H and O–H groups in total. The third-order valence-corrected chi connectivity index (χ3v) is 6.16. The lowest BCUT2D eigenvalue weighted by molar-refractivity contribution is 0.0102. The van der Waals surface area contributed by atoms with E-state index in [-0.39, 0.29) is 16.9 Å². The minimum atomic E-state index is -3.60. The minimum Gasteiger partial charge on any atom is -0.376 e. The van der Waals surface area contributed by atoms with Crippen LogP contribution in [0.4, 0.5) is 5.69 Å². The molecule has 1 amide bonds. The largest absolute Gasteiger partial charge is 0.376 e. The van der Waals surface area contributed by atoms with Gasteiger partial charge in [0, 0.05) is 29.4 Å². The molecule has 1 unspecified atom stereocenters. The molecule has 8 heteroatoms. The quantitative estimate of drug-likeness (QED) is 0.864. The number of carbonyl (C=O) groups excluding carboxylic acids is 1. The summed E-state index contributed by atoms with van der Waals surface area (Å²) in [5.74, 6) is -0.337. The molecule has 2 aromatic rings. The van der Waals surface area contributed by atoms with Crippen LogP contribution in [0, 0.1) is 0 Å². The fraction of sp³-hybridized carbons (Fsp3) is 0.278. The van der Waals surface area contributed by atoms with Crippen LogP contribution >= 0.6 is 11.6 Å². The van der Waals surface area contributed by atoms with Crippen LogP contribution in [-0.4, -0.2) is 44.4 Å². The molecule has 0 radical (unpaired) electrons. The predicted octanol–water partition coefficient (Wildman–Crippen LogP) is 3.00. The van der Waals surface area contributed by atoms with E-state index in [4.69, 9.17) is 16.3 Å². The molecule has 1 heterocycles. The summed E-state index contributed by atoms with van der Waals surface area (Å²) >= 11 is 5.90. The Labute approximate surface area is 157 Å². The Hall–Kier alpha value is -1.93. The van der Waals surface area contributed by atoms with Crippen LogP contribution in [0.15, 0.2) is 53.4 Å². The second kappa shape index (κ2) is 7.75. The number of nitrogens with one attached hydrogen (secondary N) is 1. The van der Waals surface area contributed by atoms with Crippen LogP contribution in [0.2, 0.25) is 5.02 Å². The van der Waals surface area contributed by atoms with Crippen molar-refractivity contribution in [3.63, 3.8) is 0 Å². The molecule has 3 rings (SSSR count). The van der Waals surface area contributed by atoms with Crippen molar-refractivity contribution in [2.24, 2.45) is 0 Å². The van der Waals surface area contributed by atoms with Gasteiger partial charge in [0.05, 0.1) is 17.6 Å². The Kier molecular flexibility index (Phi) is 5.62. The third kappa shape index (κ3) is 4.24. The average molecular weight is 395 g/mol. The highest BCUT2D eigenvalue weighted by Crippen LogP contribution is 2.20. The first-order valence-corrected chi connectivity index (χ1v) is 9.97. The van der Waals surface area contributed by atoms with Crippen molar-refractivity contribution in [3.8, 4) is 0 Å². The Balaban J connectivity index is 1.74. The molecule has 2 aromatic carbocycles. The van der Waals surface area contributed by atoms with Crippen LogP contribution < -0.4 is 5.32 Å². The Morgan fingerprint density at radius 1 is 1.23 bits per heavy atom. The van der Waals surface area contributed by atoms with Crippen LogP contribution in [0.1, 0.15) is 17.3 Å². The van der Waals surface area contributed by atoms with Crippen molar-refractivity contribution in [2.75, 3.05) is 25.0 Å². The monoisotopic (exact) mass is 394 g/mol. The lowest BCUT2D eigenvalue weighted by Crippen LogP contribution is -2.44. The van der Waals surface area contributed by atoms with Crippen molar-refractivity contribution in [1.29, 1.82) is 0 Å². The zero-order chi connectivity index (χ0) is 18.7. The molecule has 1 atom stereocenters. The highest BCUT2D eigenvalue weighted by molar-refractivity contribution is 7.89. The molecular formula is C18H19ClN2O4S. The number of carbonyl (C=O) groups is 1. The lowest BCUT2D eigenvalue weighted by Gasteiger charge is -2.30. The van der Waals surface area contributed by atoms with Crippen molar-refractivity contribution in [2.45, 2.75) is 17.9 Å². The zero-order valence-electron chi connectivity index (χ0n) is 14.2. The summed E-state index contributed by atoms with van der Waals surface area (Å²) in [4.78, 5) is 12.5. The number of anilines is 1. The minimum absolute atomic E-state index is 0.138. The Morgan fingerprint density at radius 2 is 1.96 bits per heavy atom. The van der Waals surface area contributed by atoms with E-state index in [0.717, 1.165) is 0 Å². The maximum atomic E-state index is 12.7. The van der Waals surface area contributed by atoms with Crippen LogP contribution in [0.5, 0.6) is 0 Å². The van der Waals surface area contributed by atoms with Crippen molar-refractivity contribution >= 4 is 33.2 Å². The molecule has 138 valence electrons. The zero-order valence-corrected chi connectivity index (χ0v) is 15.8. The lowest BCUT2D eigenvalue weighted by atomic mass is 10.2. The Morgan fingerprint density at radius 3 is 2.62 bits per heavy atom. The number of hydrogen-bond donors (Lipinski definition) is 1. The standard InChI is InChI=1S/C18H19ClN2O4S/c1-13-12-21(9-10-25-13)26(23,24)17-7-5-14(6-8-17)18(22)20-16-4-2-3-15(19)11-16/h2-8,11,13H,9-10,12H2,1H3,(H,20,22). The van der Waals surface area contributed by atoms with Gasteiger partial charge in [-0.25, -0.2) is 8.42 Å². The molecule has 0 spiro atoms. The maximum absolute atomic E-state index is 12.7. The summed E-state index contributed by atoms with van der Waals surface area (Å²) in [5.41, 5.74) is 0.931. The number of hydrogen-bond acceptors (Lipinski definition) is 4. The SMILES string of the molecule is CC1CN(S(=O)(=O)c2ccc(C(=O)Nc3cccc(Cl)c3)cc2)CCO1. The normalized spacial score (nSPS) is 18.5. The number of sulfonamides is 1. The molecule has 6 nitrogen and oxygen atoms in total. The summed E-state index contributed by atoms with van der Waals surface area (Å²) in [6, 6.07) is 12.7. The van der Waals surface area contributed by atoms with E-state index >= 15 is 0 Å². The number of halogens is 1. The number of benzene rings is 2. The summed E-state index contributed by atoms with van der Waals surface area (Å²) < 4.78 is 32.2. The number of amides is 1. The van der Waals surface area contributed by atoms with Gasteiger partial charge in [0.1, 0.15) is 0 Å². The molecule has 26 heavy (non-hydrogen) atoms. The maximum Gasteiger partial charge on any atom is 0.255 e. The van der Waals surface area contributed by atoms with Crippen LogP contribution in [0.3, 0.4) is 0 Å². The van der Waals surface area contributed by atoms with Gasteiger partial charge in [0.2, 0.25) is 10.0 Å². The molecule has 0 saturated carbocycles. The highest BCUT2D eigenvalue weighted by Gasteiger charge is 2.29. The van der Waals surface area contributed by atoms with E-state index in [9.17, 15) is 13.2 Å². The summed E-state index contributed by atoms with van der Waals surface area (Å²) in [7, 11) is -3.60.